The van der Waals surface area contributed by atoms with Crippen LogP contribution in [-0.2, 0) is 9.59 Å². The summed E-state index contributed by atoms with van der Waals surface area (Å²) in [7, 11) is 0. The van der Waals surface area contributed by atoms with Crippen LogP contribution in [-0.4, -0.2) is 29.6 Å². The van der Waals surface area contributed by atoms with E-state index in [0.717, 1.165) is 6.42 Å². The van der Waals surface area contributed by atoms with Crippen LogP contribution in [0.1, 0.15) is 33.6 Å². The standard InChI is InChI=1S/C11H22N2O3/c1-7(2)4-9(6-12)5-10(14)13-8(3)11(15)16/h7-9H,4-6,12H2,1-3H3,(H,13,14)(H,15,16)/t8-,9?/m1/s1. The Balaban J connectivity index is 4.05. The first-order chi connectivity index (χ1) is 7.36. The molecule has 0 aliphatic carbocycles. The first-order valence-electron chi connectivity index (χ1n) is 5.59. The van der Waals surface area contributed by atoms with Crippen molar-refractivity contribution in [2.24, 2.45) is 17.6 Å². The predicted octanol–water partition coefficient (Wildman–Crippen LogP) is 0.587. The molecule has 0 radical (unpaired) electrons. The molecule has 0 aliphatic rings. The number of nitrogens with two attached hydrogens (primary N) is 1. The van der Waals surface area contributed by atoms with Crippen molar-refractivity contribution >= 4 is 11.9 Å². The number of carboxylic acid groups (broad SMARTS) is 1. The molecule has 0 aromatic rings. The second-order valence-corrected chi connectivity index (χ2v) is 4.56. The highest BCUT2D eigenvalue weighted by Crippen LogP contribution is 2.13. The van der Waals surface area contributed by atoms with E-state index in [1.165, 1.54) is 6.92 Å². The van der Waals surface area contributed by atoms with E-state index in [-0.39, 0.29) is 11.8 Å². The predicted molar refractivity (Wildman–Crippen MR) is 61.9 cm³/mol. The molecular weight excluding hydrogens is 208 g/mol. The molecular formula is C11H22N2O3. The van der Waals surface area contributed by atoms with Gasteiger partial charge in [0.05, 0.1) is 0 Å². The van der Waals surface area contributed by atoms with Gasteiger partial charge in [0.25, 0.3) is 0 Å². The minimum Gasteiger partial charge on any atom is -0.480 e. The number of amides is 1. The van der Waals surface area contributed by atoms with Crippen molar-refractivity contribution in [2.75, 3.05) is 6.54 Å². The van der Waals surface area contributed by atoms with Gasteiger partial charge >= 0.3 is 5.97 Å². The van der Waals surface area contributed by atoms with E-state index in [2.05, 4.69) is 19.2 Å². The van der Waals surface area contributed by atoms with Crippen molar-refractivity contribution in [2.45, 2.75) is 39.7 Å². The zero-order chi connectivity index (χ0) is 12.7. The second-order valence-electron chi connectivity index (χ2n) is 4.56. The Kier molecular flexibility index (Phi) is 6.72. The maximum Gasteiger partial charge on any atom is 0.325 e. The third kappa shape index (κ3) is 6.40. The molecule has 16 heavy (non-hydrogen) atoms. The lowest BCUT2D eigenvalue weighted by atomic mass is 9.94. The molecule has 0 heterocycles. The topological polar surface area (TPSA) is 92.4 Å². The molecule has 5 heteroatoms. The van der Waals surface area contributed by atoms with Crippen LogP contribution in [0.3, 0.4) is 0 Å². The number of carbonyl (C=O) groups is 2. The Morgan fingerprint density at radius 3 is 2.25 bits per heavy atom. The molecule has 0 fully saturated rings. The first-order valence-corrected chi connectivity index (χ1v) is 5.59. The van der Waals surface area contributed by atoms with Crippen molar-refractivity contribution < 1.29 is 14.7 Å². The summed E-state index contributed by atoms with van der Waals surface area (Å²) in [6.45, 7) is 6.04. The Hall–Kier alpha value is -1.10. The molecule has 0 aromatic heterocycles. The molecule has 0 rings (SSSR count). The Morgan fingerprint density at radius 1 is 1.31 bits per heavy atom. The van der Waals surface area contributed by atoms with Crippen molar-refractivity contribution in [3.63, 3.8) is 0 Å². The molecule has 5 nitrogen and oxygen atoms in total. The maximum absolute atomic E-state index is 11.5. The zero-order valence-electron chi connectivity index (χ0n) is 10.2. The summed E-state index contributed by atoms with van der Waals surface area (Å²) in [6.07, 6.45) is 1.18. The summed E-state index contributed by atoms with van der Waals surface area (Å²) in [5.74, 6) is -0.660. The van der Waals surface area contributed by atoms with E-state index in [1.807, 2.05) is 0 Å². The molecule has 0 bridgehead atoms. The van der Waals surface area contributed by atoms with Crippen LogP contribution < -0.4 is 11.1 Å². The fraction of sp³-hybridized carbons (Fsp3) is 0.818. The second kappa shape index (κ2) is 7.22. The molecule has 1 amide bonds. The van der Waals surface area contributed by atoms with Gasteiger partial charge < -0.3 is 16.2 Å². The zero-order valence-corrected chi connectivity index (χ0v) is 10.2. The van der Waals surface area contributed by atoms with Gasteiger partial charge in [-0.05, 0) is 31.7 Å². The van der Waals surface area contributed by atoms with E-state index in [1.54, 1.807) is 0 Å². The summed E-state index contributed by atoms with van der Waals surface area (Å²) < 4.78 is 0. The van der Waals surface area contributed by atoms with Crippen LogP contribution in [0.2, 0.25) is 0 Å². The van der Waals surface area contributed by atoms with E-state index in [9.17, 15) is 9.59 Å². The number of hydrogen-bond acceptors (Lipinski definition) is 3. The number of aliphatic carboxylic acids is 1. The van der Waals surface area contributed by atoms with Gasteiger partial charge in [-0.2, -0.15) is 0 Å². The summed E-state index contributed by atoms with van der Waals surface area (Å²) in [5, 5.41) is 11.1. The van der Waals surface area contributed by atoms with Gasteiger partial charge in [-0.1, -0.05) is 13.8 Å². The average molecular weight is 230 g/mol. The minimum absolute atomic E-state index is 0.126. The smallest absolute Gasteiger partial charge is 0.325 e. The lowest BCUT2D eigenvalue weighted by Gasteiger charge is -2.17. The Bertz CT molecular complexity index is 241. The number of rotatable bonds is 7. The number of nitrogens with one attached hydrogen (secondary N) is 1. The highest BCUT2D eigenvalue weighted by atomic mass is 16.4. The lowest BCUT2D eigenvalue weighted by molar-refractivity contribution is -0.141. The molecule has 94 valence electrons. The monoisotopic (exact) mass is 230 g/mol. The van der Waals surface area contributed by atoms with E-state index in [4.69, 9.17) is 10.8 Å². The molecule has 0 saturated carbocycles. The van der Waals surface area contributed by atoms with Crippen LogP contribution in [0.4, 0.5) is 0 Å². The van der Waals surface area contributed by atoms with Gasteiger partial charge in [-0.25, -0.2) is 0 Å². The van der Waals surface area contributed by atoms with Gasteiger partial charge in [-0.15, -0.1) is 0 Å². The molecule has 0 aliphatic heterocycles. The summed E-state index contributed by atoms with van der Waals surface area (Å²) >= 11 is 0. The first kappa shape index (κ1) is 14.9. The number of carboxylic acids is 1. The fourth-order valence-electron chi connectivity index (χ4n) is 1.55. The van der Waals surface area contributed by atoms with Crippen molar-refractivity contribution in [1.29, 1.82) is 0 Å². The molecule has 4 N–H and O–H groups in total. The average Bonchev–Trinajstić information content (AvgIpc) is 2.15. The molecule has 0 saturated heterocycles. The van der Waals surface area contributed by atoms with Crippen molar-refractivity contribution in [3.8, 4) is 0 Å². The molecule has 0 spiro atoms. The van der Waals surface area contributed by atoms with Gasteiger partial charge in [0.15, 0.2) is 0 Å². The maximum atomic E-state index is 11.5. The van der Waals surface area contributed by atoms with E-state index in [0.29, 0.717) is 18.9 Å². The van der Waals surface area contributed by atoms with Crippen LogP contribution in [0.5, 0.6) is 0 Å². The lowest BCUT2D eigenvalue weighted by Crippen LogP contribution is -2.39. The summed E-state index contributed by atoms with van der Waals surface area (Å²) in [5.41, 5.74) is 5.56. The van der Waals surface area contributed by atoms with Gasteiger partial charge in [0.2, 0.25) is 5.91 Å². The number of carbonyl (C=O) groups excluding carboxylic acids is 1. The minimum atomic E-state index is -1.03. The van der Waals surface area contributed by atoms with Crippen LogP contribution in [0.25, 0.3) is 0 Å². The normalized spacial score (nSPS) is 14.6. The molecule has 0 aromatic carbocycles. The Labute approximate surface area is 96.4 Å². The number of hydrogen-bond donors (Lipinski definition) is 3. The van der Waals surface area contributed by atoms with Crippen LogP contribution in [0.15, 0.2) is 0 Å². The Morgan fingerprint density at radius 2 is 1.88 bits per heavy atom. The van der Waals surface area contributed by atoms with Gasteiger partial charge in [-0.3, -0.25) is 9.59 Å². The fourth-order valence-corrected chi connectivity index (χ4v) is 1.55. The van der Waals surface area contributed by atoms with E-state index >= 15 is 0 Å². The van der Waals surface area contributed by atoms with Gasteiger partial charge in [0.1, 0.15) is 6.04 Å². The highest BCUT2D eigenvalue weighted by molar-refractivity contribution is 5.83. The highest BCUT2D eigenvalue weighted by Gasteiger charge is 2.18. The van der Waals surface area contributed by atoms with Crippen LogP contribution in [0, 0.1) is 11.8 Å². The third-order valence-electron chi connectivity index (χ3n) is 2.36. The summed E-state index contributed by atoms with van der Waals surface area (Å²) in [4.78, 5) is 22.0. The molecule has 2 atom stereocenters. The largest absolute Gasteiger partial charge is 0.480 e. The third-order valence-corrected chi connectivity index (χ3v) is 2.36. The summed E-state index contributed by atoms with van der Waals surface area (Å²) in [6, 6.07) is -0.843. The van der Waals surface area contributed by atoms with Crippen LogP contribution >= 0.6 is 0 Å². The molecule has 1 unspecified atom stereocenters. The van der Waals surface area contributed by atoms with Crippen molar-refractivity contribution in [3.05, 3.63) is 0 Å². The quantitative estimate of drug-likeness (QED) is 0.596. The van der Waals surface area contributed by atoms with Gasteiger partial charge in [0, 0.05) is 6.42 Å². The van der Waals surface area contributed by atoms with E-state index < -0.39 is 12.0 Å². The SMILES string of the molecule is CC(C)CC(CN)CC(=O)N[C@H](C)C(=O)O. The van der Waals surface area contributed by atoms with Crippen molar-refractivity contribution in [1.82, 2.24) is 5.32 Å².